The molecule has 216 valence electrons. The van der Waals surface area contributed by atoms with Crippen molar-refractivity contribution >= 4 is 41.2 Å². The number of aliphatic carboxylic acids is 1. The first-order valence-corrected chi connectivity index (χ1v) is 13.2. The molecule has 1 aliphatic heterocycles. The van der Waals surface area contributed by atoms with Crippen molar-refractivity contribution in [1.29, 1.82) is 0 Å². The van der Waals surface area contributed by atoms with E-state index in [2.05, 4.69) is 16.0 Å². The van der Waals surface area contributed by atoms with Gasteiger partial charge in [-0.15, -0.1) is 0 Å². The maximum absolute atomic E-state index is 13.6. The molecule has 2 atom stereocenters. The van der Waals surface area contributed by atoms with Crippen LogP contribution in [0.1, 0.15) is 54.5 Å². The van der Waals surface area contributed by atoms with Crippen LogP contribution in [-0.4, -0.2) is 62.4 Å². The fourth-order valence-corrected chi connectivity index (χ4v) is 4.53. The van der Waals surface area contributed by atoms with Gasteiger partial charge in [0.05, 0.1) is 6.42 Å². The second-order valence-corrected chi connectivity index (χ2v) is 10.9. The smallest absolute Gasteiger partial charge is 1.00 e. The maximum Gasteiger partial charge on any atom is 1.00 e. The number of nitrogens with one attached hydrogen (secondary N) is 3. The first-order chi connectivity index (χ1) is 18.8. The zero-order valence-electron chi connectivity index (χ0n) is 25.4. The van der Waals surface area contributed by atoms with Crippen molar-refractivity contribution in [2.24, 2.45) is 5.92 Å². The summed E-state index contributed by atoms with van der Waals surface area (Å²) in [6.07, 6.45) is -0.0448. The summed E-state index contributed by atoms with van der Waals surface area (Å²) in [6.45, 7) is 8.69. The normalized spacial score (nSPS) is 15.7. The van der Waals surface area contributed by atoms with Crippen LogP contribution >= 0.6 is 0 Å². The van der Waals surface area contributed by atoms with Crippen molar-refractivity contribution in [3.05, 3.63) is 60.2 Å². The molecule has 0 aliphatic carbocycles. The molecule has 1 aliphatic rings. The first-order valence-electron chi connectivity index (χ1n) is 13.2. The van der Waals surface area contributed by atoms with Crippen molar-refractivity contribution in [3.8, 4) is 0 Å². The second-order valence-electron chi connectivity index (χ2n) is 10.9. The third-order valence-corrected chi connectivity index (χ3v) is 6.62. The predicted octanol–water partition coefficient (Wildman–Crippen LogP) is 1.38. The zero-order chi connectivity index (χ0) is 29.6. The molecule has 41 heavy (non-hydrogen) atoms. The summed E-state index contributed by atoms with van der Waals surface area (Å²) in [5.41, 5.74) is 0.712. The number of carboxylic acid groups (broad SMARTS) is 1. The van der Waals surface area contributed by atoms with E-state index in [0.29, 0.717) is 11.4 Å². The summed E-state index contributed by atoms with van der Waals surface area (Å²) in [5.74, 6) is -2.14. The van der Waals surface area contributed by atoms with E-state index in [9.17, 15) is 24.0 Å². The van der Waals surface area contributed by atoms with Gasteiger partial charge in [0, 0.05) is 24.0 Å². The van der Waals surface area contributed by atoms with Crippen LogP contribution in [0.25, 0.3) is 0 Å². The third-order valence-electron chi connectivity index (χ3n) is 6.62. The number of para-hydroxylation sites is 1. The van der Waals surface area contributed by atoms with Crippen molar-refractivity contribution in [1.82, 2.24) is 15.1 Å². The van der Waals surface area contributed by atoms with Crippen LogP contribution in [0.5, 0.6) is 0 Å². The molecule has 1 fully saturated rings. The molecular formula is C29H38N5NaO6. The number of benzene rings is 2. The van der Waals surface area contributed by atoms with Crippen LogP contribution in [0.3, 0.4) is 0 Å². The Bertz CT molecular complexity index is 1260. The molecule has 0 unspecified atom stereocenters. The molecule has 4 N–H and O–H groups in total. The van der Waals surface area contributed by atoms with Crippen LogP contribution in [0.4, 0.5) is 21.0 Å². The van der Waals surface area contributed by atoms with E-state index in [1.165, 1.54) is 4.90 Å². The molecule has 0 spiro atoms. The Morgan fingerprint density at radius 1 is 0.927 bits per heavy atom. The van der Waals surface area contributed by atoms with Gasteiger partial charge in [0.2, 0.25) is 5.91 Å². The fraction of sp³-hybridized carbons (Fsp3) is 0.414. The molecule has 6 amide bonds. The Hall–Kier alpha value is -3.41. The number of hydrogen-bond donors (Lipinski definition) is 4. The first kappa shape index (κ1) is 33.8. The van der Waals surface area contributed by atoms with Gasteiger partial charge in [-0.2, -0.15) is 0 Å². The van der Waals surface area contributed by atoms with Gasteiger partial charge in [0.25, 0.3) is 5.91 Å². The predicted molar refractivity (Wildman–Crippen MR) is 152 cm³/mol. The summed E-state index contributed by atoms with van der Waals surface area (Å²) >= 11 is 0. The topological polar surface area (TPSA) is 148 Å². The Morgan fingerprint density at radius 2 is 1.49 bits per heavy atom. The Labute approximate surface area is 263 Å². The van der Waals surface area contributed by atoms with Gasteiger partial charge in [0.15, 0.2) is 0 Å². The van der Waals surface area contributed by atoms with E-state index >= 15 is 0 Å². The summed E-state index contributed by atoms with van der Waals surface area (Å²) in [6, 6.07) is 13.2. The molecule has 3 rings (SSSR count). The van der Waals surface area contributed by atoms with Gasteiger partial charge >= 0.3 is 47.6 Å². The van der Waals surface area contributed by atoms with Gasteiger partial charge in [-0.1, -0.05) is 44.2 Å². The summed E-state index contributed by atoms with van der Waals surface area (Å²) in [7, 11) is 0. The molecule has 11 nitrogen and oxygen atoms in total. The number of amides is 6. The standard InChI is InChI=1S/C29H37N5O6.Na.H/c1-18(2)15-23(25(37)30-19(3)16-24(35)36)34-26(38)29(4,5)33(28(34)40)17-20-11-13-22(14-12-20)32-27(39)31-21-9-7-6-8-10-21;;/h6-14,18-19,23H,15-17H2,1-5H3,(H,30,37)(H,35,36)(H2,31,32,39);;/q;+1;-1/t19-,23+;;/m1../s1. The maximum atomic E-state index is 13.6. The molecule has 0 saturated carbocycles. The molecule has 0 radical (unpaired) electrons. The Kier molecular flexibility index (Phi) is 11.9. The number of carbonyl (C=O) groups excluding carboxylic acids is 4. The number of hydrogen-bond acceptors (Lipinski definition) is 5. The molecule has 1 saturated heterocycles. The minimum Gasteiger partial charge on any atom is -1.00 e. The second kappa shape index (κ2) is 14.5. The average molecular weight is 576 g/mol. The van der Waals surface area contributed by atoms with Crippen molar-refractivity contribution in [2.75, 3.05) is 10.6 Å². The van der Waals surface area contributed by atoms with Gasteiger partial charge in [-0.05, 0) is 62.9 Å². The van der Waals surface area contributed by atoms with E-state index in [1.54, 1.807) is 57.2 Å². The number of urea groups is 2. The number of carbonyl (C=O) groups is 5. The zero-order valence-corrected chi connectivity index (χ0v) is 26.4. The quantitative estimate of drug-likeness (QED) is 0.235. The van der Waals surface area contributed by atoms with E-state index < -0.39 is 47.5 Å². The minimum atomic E-state index is -1.22. The van der Waals surface area contributed by atoms with Crippen molar-refractivity contribution in [3.63, 3.8) is 0 Å². The Balaban J connectivity index is 0.00000441. The van der Waals surface area contributed by atoms with Crippen molar-refractivity contribution in [2.45, 2.75) is 71.6 Å². The summed E-state index contributed by atoms with van der Waals surface area (Å²) in [4.78, 5) is 66.0. The summed E-state index contributed by atoms with van der Waals surface area (Å²) < 4.78 is 0. The molecule has 1 heterocycles. The number of imide groups is 1. The van der Waals surface area contributed by atoms with Crippen LogP contribution in [-0.2, 0) is 20.9 Å². The molecule has 12 heteroatoms. The monoisotopic (exact) mass is 575 g/mol. The van der Waals surface area contributed by atoms with Gasteiger partial charge in [0.1, 0.15) is 11.6 Å². The number of anilines is 2. The molecular weight excluding hydrogens is 537 g/mol. The molecule has 2 aromatic carbocycles. The van der Waals surface area contributed by atoms with Gasteiger partial charge < -0.3 is 27.4 Å². The van der Waals surface area contributed by atoms with E-state index in [-0.39, 0.29) is 56.3 Å². The minimum absolute atomic E-state index is 0. The van der Waals surface area contributed by atoms with Gasteiger partial charge in [-0.25, -0.2) is 14.5 Å². The van der Waals surface area contributed by atoms with E-state index in [0.717, 1.165) is 10.5 Å². The molecule has 0 bridgehead atoms. The molecule has 2 aromatic rings. The summed E-state index contributed by atoms with van der Waals surface area (Å²) in [5, 5.41) is 17.2. The number of nitrogens with zero attached hydrogens (tertiary/aromatic N) is 2. The van der Waals surface area contributed by atoms with Gasteiger partial charge in [-0.3, -0.25) is 14.4 Å². The molecule has 0 aromatic heterocycles. The SMILES string of the molecule is CC(C)C[C@@H](C(=O)N[C@H](C)CC(=O)O)N1C(=O)N(Cc2ccc(NC(=O)Nc3ccccc3)cc2)C(C)(C)C1=O.[H-].[Na+]. The van der Waals surface area contributed by atoms with Crippen LogP contribution in [0.15, 0.2) is 54.6 Å². The van der Waals surface area contributed by atoms with Crippen LogP contribution in [0, 0.1) is 5.92 Å². The third kappa shape index (κ3) is 8.79. The van der Waals surface area contributed by atoms with E-state index in [1.807, 2.05) is 32.0 Å². The number of carboxylic acids is 1. The fourth-order valence-electron chi connectivity index (χ4n) is 4.53. The Morgan fingerprint density at radius 3 is 2.02 bits per heavy atom. The number of rotatable bonds is 11. The largest absolute Gasteiger partial charge is 1.00 e. The van der Waals surface area contributed by atoms with Crippen LogP contribution < -0.4 is 45.5 Å². The average Bonchev–Trinajstić information content (AvgIpc) is 3.02. The van der Waals surface area contributed by atoms with Crippen LogP contribution in [0.2, 0.25) is 0 Å². The van der Waals surface area contributed by atoms with Crippen molar-refractivity contribution < 1.29 is 60.1 Å². The van der Waals surface area contributed by atoms with E-state index in [4.69, 9.17) is 5.11 Å².